The van der Waals surface area contributed by atoms with Crippen LogP contribution in [0.25, 0.3) is 0 Å². The summed E-state index contributed by atoms with van der Waals surface area (Å²) < 4.78 is 0.979. The van der Waals surface area contributed by atoms with Crippen LogP contribution in [0.3, 0.4) is 0 Å². The van der Waals surface area contributed by atoms with E-state index in [0.29, 0.717) is 0 Å². The van der Waals surface area contributed by atoms with Gasteiger partial charge in [-0.15, -0.1) is 0 Å². The minimum Gasteiger partial charge on any atom is -0.324 e. The number of hydrogen-bond acceptors (Lipinski definition) is 2. The summed E-state index contributed by atoms with van der Waals surface area (Å²) >= 11 is 3.41. The largest absolute Gasteiger partial charge is 0.324 e. The molecule has 1 unspecified atom stereocenters. The molecule has 17 heavy (non-hydrogen) atoms. The van der Waals surface area contributed by atoms with Crippen LogP contribution in [0.5, 0.6) is 0 Å². The minimum absolute atomic E-state index is 0.0274. The molecule has 92 valence electrons. The Labute approximate surface area is 110 Å². The first-order chi connectivity index (χ1) is 7.93. The number of rotatable bonds is 3. The van der Waals surface area contributed by atoms with Crippen molar-refractivity contribution < 1.29 is 4.79 Å². The van der Waals surface area contributed by atoms with Gasteiger partial charge in [-0.25, -0.2) is 0 Å². The van der Waals surface area contributed by atoms with Crippen LogP contribution in [-0.4, -0.2) is 11.4 Å². The van der Waals surface area contributed by atoms with Gasteiger partial charge in [-0.05, 0) is 32.4 Å². The SMILES string of the molecule is CCC(C)(C)NC1C(=O)Nc2cc(Br)ccc21. The molecule has 1 aliphatic heterocycles. The van der Waals surface area contributed by atoms with Crippen molar-refractivity contribution in [3.8, 4) is 0 Å². The van der Waals surface area contributed by atoms with Crippen LogP contribution in [0.2, 0.25) is 0 Å². The molecule has 0 aliphatic carbocycles. The van der Waals surface area contributed by atoms with Crippen molar-refractivity contribution >= 4 is 27.5 Å². The van der Waals surface area contributed by atoms with Crippen LogP contribution in [0.1, 0.15) is 38.8 Å². The molecule has 1 aromatic rings. The first-order valence-corrected chi connectivity index (χ1v) is 6.60. The number of hydrogen-bond donors (Lipinski definition) is 2. The molecule has 0 saturated heterocycles. The number of carbonyl (C=O) groups excluding carboxylic acids is 1. The molecule has 2 rings (SSSR count). The van der Waals surface area contributed by atoms with Gasteiger partial charge in [0.1, 0.15) is 6.04 Å². The molecule has 0 bridgehead atoms. The molecule has 1 heterocycles. The second-order valence-corrected chi connectivity index (χ2v) is 5.95. The van der Waals surface area contributed by atoms with Crippen LogP contribution in [0.4, 0.5) is 5.69 Å². The highest BCUT2D eigenvalue weighted by molar-refractivity contribution is 9.10. The van der Waals surface area contributed by atoms with E-state index in [1.165, 1.54) is 0 Å². The third-order valence-corrected chi connectivity index (χ3v) is 3.76. The molecule has 2 N–H and O–H groups in total. The molecule has 0 aromatic heterocycles. The van der Waals surface area contributed by atoms with Gasteiger partial charge in [0, 0.05) is 21.3 Å². The predicted molar refractivity (Wildman–Crippen MR) is 73.0 cm³/mol. The zero-order valence-corrected chi connectivity index (χ0v) is 11.9. The Hall–Kier alpha value is -0.870. The lowest BCUT2D eigenvalue weighted by Crippen LogP contribution is -2.43. The highest BCUT2D eigenvalue weighted by Gasteiger charge is 2.33. The number of nitrogens with one attached hydrogen (secondary N) is 2. The highest BCUT2D eigenvalue weighted by Crippen LogP contribution is 2.34. The van der Waals surface area contributed by atoms with Gasteiger partial charge in [0.2, 0.25) is 5.91 Å². The van der Waals surface area contributed by atoms with Crippen LogP contribution >= 0.6 is 15.9 Å². The third kappa shape index (κ3) is 2.53. The molecular formula is C13H17BrN2O. The van der Waals surface area contributed by atoms with Crippen LogP contribution in [-0.2, 0) is 4.79 Å². The monoisotopic (exact) mass is 296 g/mol. The average Bonchev–Trinajstić information content (AvgIpc) is 2.54. The molecule has 1 aromatic carbocycles. The Morgan fingerprint density at radius 2 is 2.18 bits per heavy atom. The fourth-order valence-corrected chi connectivity index (χ4v) is 2.23. The lowest BCUT2D eigenvalue weighted by atomic mass is 9.98. The van der Waals surface area contributed by atoms with E-state index in [1.807, 2.05) is 18.2 Å². The molecule has 1 aliphatic rings. The quantitative estimate of drug-likeness (QED) is 0.899. The summed E-state index contributed by atoms with van der Waals surface area (Å²) in [5, 5.41) is 6.31. The van der Waals surface area contributed by atoms with Gasteiger partial charge in [0.05, 0.1) is 0 Å². The molecule has 0 saturated carbocycles. The van der Waals surface area contributed by atoms with Gasteiger partial charge >= 0.3 is 0 Å². The first-order valence-electron chi connectivity index (χ1n) is 5.81. The highest BCUT2D eigenvalue weighted by atomic mass is 79.9. The minimum atomic E-state index is -0.243. The normalized spacial score (nSPS) is 19.1. The molecule has 0 fully saturated rings. The lowest BCUT2D eigenvalue weighted by Gasteiger charge is -2.28. The summed E-state index contributed by atoms with van der Waals surface area (Å²) in [5.74, 6) is 0.0274. The van der Waals surface area contributed by atoms with Crippen molar-refractivity contribution in [2.45, 2.75) is 38.8 Å². The Morgan fingerprint density at radius 1 is 1.47 bits per heavy atom. The molecule has 1 amide bonds. The van der Waals surface area contributed by atoms with Crippen molar-refractivity contribution in [3.63, 3.8) is 0 Å². The van der Waals surface area contributed by atoms with Gasteiger partial charge in [-0.3, -0.25) is 10.1 Å². The van der Waals surface area contributed by atoms with E-state index in [-0.39, 0.29) is 17.5 Å². The fourth-order valence-electron chi connectivity index (χ4n) is 1.87. The van der Waals surface area contributed by atoms with Gasteiger partial charge in [0.15, 0.2) is 0 Å². The second kappa shape index (κ2) is 4.42. The summed E-state index contributed by atoms with van der Waals surface area (Å²) in [6, 6.07) is 5.65. The summed E-state index contributed by atoms with van der Waals surface area (Å²) in [5.41, 5.74) is 1.88. The molecule has 0 spiro atoms. The van der Waals surface area contributed by atoms with Crippen LogP contribution in [0.15, 0.2) is 22.7 Å². The molecular weight excluding hydrogens is 280 g/mol. The van der Waals surface area contributed by atoms with E-state index < -0.39 is 0 Å². The topological polar surface area (TPSA) is 41.1 Å². The molecule has 3 nitrogen and oxygen atoms in total. The van der Waals surface area contributed by atoms with Gasteiger partial charge < -0.3 is 5.32 Å². The average molecular weight is 297 g/mol. The van der Waals surface area contributed by atoms with Crippen molar-refractivity contribution in [1.82, 2.24) is 5.32 Å². The van der Waals surface area contributed by atoms with E-state index in [2.05, 4.69) is 47.3 Å². The van der Waals surface area contributed by atoms with Crippen molar-refractivity contribution in [1.29, 1.82) is 0 Å². The maximum Gasteiger partial charge on any atom is 0.246 e. The first kappa shape index (κ1) is 12.6. The number of anilines is 1. The Kier molecular flexibility index (Phi) is 3.27. The zero-order chi connectivity index (χ0) is 12.6. The van der Waals surface area contributed by atoms with Crippen LogP contribution < -0.4 is 10.6 Å². The van der Waals surface area contributed by atoms with Crippen molar-refractivity contribution in [2.75, 3.05) is 5.32 Å². The second-order valence-electron chi connectivity index (χ2n) is 5.04. The smallest absolute Gasteiger partial charge is 0.246 e. The fraction of sp³-hybridized carbons (Fsp3) is 0.462. The van der Waals surface area contributed by atoms with Crippen LogP contribution in [0, 0.1) is 0 Å². The standard InChI is InChI=1S/C13H17BrN2O/c1-4-13(2,3)16-11-9-6-5-8(14)7-10(9)15-12(11)17/h5-7,11,16H,4H2,1-3H3,(H,15,17). The van der Waals surface area contributed by atoms with Crippen molar-refractivity contribution in [3.05, 3.63) is 28.2 Å². The number of amides is 1. The van der Waals surface area contributed by atoms with E-state index in [4.69, 9.17) is 0 Å². The summed E-state index contributed by atoms with van der Waals surface area (Å²) in [6.07, 6.45) is 0.975. The Bertz CT molecular complexity index is 457. The Balaban J connectivity index is 2.29. The predicted octanol–water partition coefficient (Wildman–Crippen LogP) is 3.22. The van der Waals surface area contributed by atoms with Gasteiger partial charge in [0.25, 0.3) is 0 Å². The number of carbonyl (C=O) groups is 1. The summed E-state index contributed by atoms with van der Waals surface area (Å²) in [6.45, 7) is 6.33. The third-order valence-electron chi connectivity index (χ3n) is 3.27. The number of benzene rings is 1. The maximum absolute atomic E-state index is 11.9. The number of halogens is 1. The zero-order valence-electron chi connectivity index (χ0n) is 10.3. The van der Waals surface area contributed by atoms with E-state index in [0.717, 1.165) is 22.1 Å². The van der Waals surface area contributed by atoms with Gasteiger partial charge in [-0.1, -0.05) is 28.9 Å². The molecule has 1 atom stereocenters. The van der Waals surface area contributed by atoms with E-state index in [9.17, 15) is 4.79 Å². The molecule has 0 radical (unpaired) electrons. The summed E-state index contributed by atoms with van der Waals surface area (Å²) in [7, 11) is 0. The Morgan fingerprint density at radius 3 is 2.82 bits per heavy atom. The number of fused-ring (bicyclic) bond motifs is 1. The molecule has 4 heteroatoms. The summed E-state index contributed by atoms with van der Waals surface area (Å²) in [4.78, 5) is 11.9. The van der Waals surface area contributed by atoms with Gasteiger partial charge in [-0.2, -0.15) is 0 Å². The lowest BCUT2D eigenvalue weighted by molar-refractivity contribution is -0.118. The van der Waals surface area contributed by atoms with E-state index >= 15 is 0 Å². The maximum atomic E-state index is 11.9. The van der Waals surface area contributed by atoms with Crippen molar-refractivity contribution in [2.24, 2.45) is 0 Å². The van der Waals surface area contributed by atoms with E-state index in [1.54, 1.807) is 0 Å².